The molecule has 7 heteroatoms. The van der Waals surface area contributed by atoms with Gasteiger partial charge in [-0.3, -0.25) is 4.79 Å². The van der Waals surface area contributed by atoms with Crippen molar-refractivity contribution in [1.82, 2.24) is 4.90 Å². The molecule has 2 aliphatic rings. The SMILES string of the molecule is CSC12SCCCN1C(=O)C2N=[N+]=[N-]. The third kappa shape index (κ3) is 1.12. The smallest absolute Gasteiger partial charge is 0.237 e. The fraction of sp³-hybridized carbons (Fsp3) is 0.857. The van der Waals surface area contributed by atoms with Crippen LogP contribution in [0.2, 0.25) is 0 Å². The van der Waals surface area contributed by atoms with E-state index in [4.69, 9.17) is 5.53 Å². The van der Waals surface area contributed by atoms with Crippen LogP contribution in [0.3, 0.4) is 0 Å². The van der Waals surface area contributed by atoms with E-state index in [0.29, 0.717) is 0 Å². The molecule has 0 aromatic rings. The highest BCUT2D eigenvalue weighted by atomic mass is 32.2. The number of β-lactam (4-membered cyclic amide) rings is 1. The van der Waals surface area contributed by atoms with Crippen LogP contribution in [0.25, 0.3) is 10.4 Å². The predicted octanol–water partition coefficient (Wildman–Crippen LogP) is 1.66. The van der Waals surface area contributed by atoms with Crippen molar-refractivity contribution in [1.29, 1.82) is 0 Å². The molecule has 0 spiro atoms. The zero-order valence-corrected chi connectivity index (χ0v) is 9.35. The first-order valence-corrected chi connectivity index (χ1v) is 6.52. The molecule has 2 heterocycles. The summed E-state index contributed by atoms with van der Waals surface area (Å²) in [5, 5.41) is 3.59. The molecular formula is C7H10N4OS2. The van der Waals surface area contributed by atoms with Crippen LogP contribution in [-0.4, -0.2) is 39.6 Å². The molecule has 5 nitrogen and oxygen atoms in total. The standard InChI is InChI=1S/C7H10N4OS2/c1-13-7-5(9-10-8)6(12)11(7)3-2-4-14-7/h5H,2-4H2,1H3. The minimum atomic E-state index is -0.507. The lowest BCUT2D eigenvalue weighted by molar-refractivity contribution is -0.146. The Morgan fingerprint density at radius 2 is 2.64 bits per heavy atom. The van der Waals surface area contributed by atoms with Gasteiger partial charge in [0.1, 0.15) is 0 Å². The third-order valence-electron chi connectivity index (χ3n) is 2.52. The van der Waals surface area contributed by atoms with E-state index < -0.39 is 6.04 Å². The number of hydrogen-bond donors (Lipinski definition) is 0. The second kappa shape index (κ2) is 3.56. The molecule has 0 aromatic heterocycles. The predicted molar refractivity (Wildman–Crippen MR) is 58.0 cm³/mol. The summed E-state index contributed by atoms with van der Waals surface area (Å²) >= 11 is 3.31. The molecule has 76 valence electrons. The van der Waals surface area contributed by atoms with Gasteiger partial charge in [0.2, 0.25) is 5.91 Å². The second-order valence-corrected chi connectivity index (χ2v) is 5.74. The molecule has 2 fully saturated rings. The Kier molecular flexibility index (Phi) is 2.55. The number of thioether (sulfide) groups is 2. The van der Waals surface area contributed by atoms with Crippen LogP contribution >= 0.6 is 23.5 Å². The first-order chi connectivity index (χ1) is 6.76. The van der Waals surface area contributed by atoms with Crippen molar-refractivity contribution in [2.45, 2.75) is 16.7 Å². The summed E-state index contributed by atoms with van der Waals surface area (Å²) in [6.07, 6.45) is 2.99. The Morgan fingerprint density at radius 1 is 1.86 bits per heavy atom. The van der Waals surface area contributed by atoms with Crippen LogP contribution in [0, 0.1) is 0 Å². The number of nitrogens with zero attached hydrogens (tertiary/aromatic N) is 4. The van der Waals surface area contributed by atoms with Gasteiger partial charge in [-0.25, -0.2) is 0 Å². The van der Waals surface area contributed by atoms with Crippen molar-refractivity contribution in [2.75, 3.05) is 18.6 Å². The number of carbonyl (C=O) groups excluding carboxylic acids is 1. The summed E-state index contributed by atoms with van der Waals surface area (Å²) < 4.78 is -0.304. The Labute approximate surface area is 90.2 Å². The van der Waals surface area contributed by atoms with Gasteiger partial charge in [-0.15, -0.1) is 23.5 Å². The molecule has 0 aliphatic carbocycles. The van der Waals surface area contributed by atoms with Gasteiger partial charge in [0.25, 0.3) is 0 Å². The van der Waals surface area contributed by atoms with E-state index >= 15 is 0 Å². The molecule has 0 radical (unpaired) electrons. The van der Waals surface area contributed by atoms with Crippen LogP contribution in [0.5, 0.6) is 0 Å². The lowest BCUT2D eigenvalue weighted by Gasteiger charge is -2.56. The summed E-state index contributed by atoms with van der Waals surface area (Å²) in [6.45, 7) is 0.796. The first kappa shape index (κ1) is 10.0. The van der Waals surface area contributed by atoms with E-state index in [9.17, 15) is 4.79 Å². The van der Waals surface area contributed by atoms with Gasteiger partial charge in [0, 0.05) is 11.5 Å². The lowest BCUT2D eigenvalue weighted by Crippen LogP contribution is -2.71. The summed E-state index contributed by atoms with van der Waals surface area (Å²) in [7, 11) is 0. The number of rotatable bonds is 2. The number of carbonyl (C=O) groups is 1. The van der Waals surface area contributed by atoms with Crippen molar-refractivity contribution >= 4 is 29.4 Å². The molecule has 2 atom stereocenters. The van der Waals surface area contributed by atoms with Crippen LogP contribution in [-0.2, 0) is 4.79 Å². The quantitative estimate of drug-likeness (QED) is 0.313. The number of hydrogen-bond acceptors (Lipinski definition) is 4. The van der Waals surface area contributed by atoms with Gasteiger partial charge < -0.3 is 4.90 Å². The normalized spacial score (nSPS) is 35.6. The highest BCUT2D eigenvalue weighted by molar-refractivity contribution is 8.18. The zero-order chi connectivity index (χ0) is 10.2. The second-order valence-electron chi connectivity index (χ2n) is 3.13. The van der Waals surface area contributed by atoms with Gasteiger partial charge in [0.05, 0.1) is 0 Å². The van der Waals surface area contributed by atoms with E-state index in [0.717, 1.165) is 18.7 Å². The van der Waals surface area contributed by atoms with Gasteiger partial charge in [0.15, 0.2) is 10.2 Å². The van der Waals surface area contributed by atoms with E-state index in [2.05, 4.69) is 10.0 Å². The summed E-state index contributed by atoms with van der Waals surface area (Å²) in [6, 6.07) is -0.507. The van der Waals surface area contributed by atoms with Gasteiger partial charge in [-0.1, -0.05) is 5.11 Å². The van der Waals surface area contributed by atoms with E-state index in [1.165, 1.54) is 0 Å². The maximum absolute atomic E-state index is 11.6. The summed E-state index contributed by atoms with van der Waals surface area (Å²) in [4.78, 5) is 16.2. The fourth-order valence-corrected chi connectivity index (χ4v) is 4.56. The zero-order valence-electron chi connectivity index (χ0n) is 7.71. The fourth-order valence-electron chi connectivity index (χ4n) is 1.86. The molecule has 2 aliphatic heterocycles. The molecule has 2 unspecified atom stereocenters. The van der Waals surface area contributed by atoms with E-state index in [1.54, 1.807) is 23.5 Å². The molecule has 1 amide bonds. The Balaban J connectivity index is 2.27. The Hall–Kier alpha value is -0.520. The van der Waals surface area contributed by atoms with Crippen molar-refractivity contribution in [3.63, 3.8) is 0 Å². The molecule has 14 heavy (non-hydrogen) atoms. The molecule has 0 saturated carbocycles. The average molecular weight is 230 g/mol. The number of amides is 1. The minimum Gasteiger partial charge on any atom is -0.318 e. The van der Waals surface area contributed by atoms with Gasteiger partial charge in [-0.2, -0.15) is 0 Å². The molecule has 0 bridgehead atoms. The molecular weight excluding hydrogens is 220 g/mol. The van der Waals surface area contributed by atoms with Crippen molar-refractivity contribution < 1.29 is 4.79 Å². The maximum atomic E-state index is 11.6. The summed E-state index contributed by atoms with van der Waals surface area (Å²) in [5.74, 6) is 1.01. The van der Waals surface area contributed by atoms with Gasteiger partial charge >= 0.3 is 0 Å². The third-order valence-corrected chi connectivity index (χ3v) is 5.75. The maximum Gasteiger partial charge on any atom is 0.237 e. The monoisotopic (exact) mass is 230 g/mol. The number of fused-ring (bicyclic) bond motifs is 1. The van der Waals surface area contributed by atoms with Crippen LogP contribution in [0.1, 0.15) is 6.42 Å². The van der Waals surface area contributed by atoms with Crippen LogP contribution in [0.4, 0.5) is 0 Å². The Morgan fingerprint density at radius 3 is 3.29 bits per heavy atom. The topological polar surface area (TPSA) is 69.1 Å². The Bertz CT molecular complexity index is 317. The molecule has 0 N–H and O–H groups in total. The van der Waals surface area contributed by atoms with E-state index in [-0.39, 0.29) is 10.1 Å². The summed E-state index contributed by atoms with van der Waals surface area (Å²) in [5.41, 5.74) is 8.39. The van der Waals surface area contributed by atoms with Gasteiger partial charge in [-0.05, 0) is 24.0 Å². The van der Waals surface area contributed by atoms with Crippen LogP contribution in [0.15, 0.2) is 5.11 Å². The average Bonchev–Trinajstić information content (AvgIpc) is 2.24. The lowest BCUT2D eigenvalue weighted by atomic mass is 10.1. The first-order valence-electron chi connectivity index (χ1n) is 4.31. The van der Waals surface area contributed by atoms with Crippen molar-refractivity contribution in [2.24, 2.45) is 5.11 Å². The molecule has 2 saturated heterocycles. The van der Waals surface area contributed by atoms with E-state index in [1.807, 2.05) is 11.2 Å². The minimum absolute atomic E-state index is 0.0237. The molecule has 2 rings (SSSR count). The van der Waals surface area contributed by atoms with Crippen molar-refractivity contribution in [3.05, 3.63) is 10.4 Å². The molecule has 0 aromatic carbocycles. The van der Waals surface area contributed by atoms with Crippen molar-refractivity contribution in [3.8, 4) is 0 Å². The van der Waals surface area contributed by atoms with Crippen LogP contribution < -0.4 is 0 Å². The highest BCUT2D eigenvalue weighted by Crippen LogP contribution is 2.53. The largest absolute Gasteiger partial charge is 0.318 e. The number of azide groups is 1. The highest BCUT2D eigenvalue weighted by Gasteiger charge is 2.61.